The third-order valence-electron chi connectivity index (χ3n) is 1.12. The molecule has 0 aliphatic rings. The molecule has 0 radical (unpaired) electrons. The van der Waals surface area contributed by atoms with Gasteiger partial charge in [-0.1, -0.05) is 0 Å². The number of hydrogen-bond acceptors (Lipinski definition) is 3. The van der Waals surface area contributed by atoms with E-state index in [2.05, 4.69) is 4.74 Å². The van der Waals surface area contributed by atoms with E-state index in [1.54, 1.807) is 13.3 Å². The fourth-order valence-corrected chi connectivity index (χ4v) is 1.06. The Morgan fingerprint density at radius 1 is 1.55 bits per heavy atom. The van der Waals surface area contributed by atoms with E-state index in [-0.39, 0.29) is 6.61 Å². The summed E-state index contributed by atoms with van der Waals surface area (Å²) < 4.78 is 34.3. The van der Waals surface area contributed by atoms with Crippen LogP contribution in [-0.4, -0.2) is 46.4 Å². The highest BCUT2D eigenvalue weighted by Gasteiger charge is 2.05. The normalized spacial score (nSPS) is 17.3. The Balaban J connectivity index is 3.14. The van der Waals surface area contributed by atoms with Crippen molar-refractivity contribution in [1.29, 1.82) is 0 Å². The van der Waals surface area contributed by atoms with E-state index < -0.39 is 14.2 Å². The van der Waals surface area contributed by atoms with E-state index in [0.717, 1.165) is 0 Å². The highest BCUT2D eigenvalue weighted by molar-refractivity contribution is 7.62. The van der Waals surface area contributed by atoms with Gasteiger partial charge >= 0.3 is 0 Å². The summed E-state index contributed by atoms with van der Waals surface area (Å²) in [5, 5.41) is 0. The van der Waals surface area contributed by atoms with Crippen molar-refractivity contribution in [3.8, 4) is 0 Å². The Hall–Kier alpha value is 0.150. The Morgan fingerprint density at radius 2 is 2.27 bits per heavy atom. The van der Waals surface area contributed by atoms with Crippen LogP contribution in [0.5, 0.6) is 0 Å². The van der Waals surface area contributed by atoms with Gasteiger partial charge in [-0.05, 0) is 13.3 Å². The third-order valence-corrected chi connectivity index (χ3v) is 2.38. The summed E-state index contributed by atoms with van der Waals surface area (Å²) in [6.45, 7) is 4.49. The van der Waals surface area contributed by atoms with Gasteiger partial charge in [-0.3, -0.25) is 0 Å². The van der Waals surface area contributed by atoms with Crippen LogP contribution < -0.4 is 0 Å². The fraction of sp³-hybridized carbons (Fsp3) is 1.00. The predicted octanol–water partition coefficient (Wildman–Crippen LogP) is 1.27. The summed E-state index contributed by atoms with van der Waals surface area (Å²) in [5.74, 6) is 0. The lowest BCUT2D eigenvalue weighted by atomic mass is 10.7. The number of methoxy groups -OCH3 is 1. The zero-order valence-corrected chi connectivity index (χ0v) is 7.97. The molecular formula is C7H17O3P. The minimum absolute atomic E-state index is 0.245. The molecule has 0 aromatic carbocycles. The number of hydrogen-bond donors (Lipinski definition) is 0. The lowest BCUT2D eigenvalue weighted by molar-refractivity contribution is 0.0784. The van der Waals surface area contributed by atoms with E-state index in [0.29, 0.717) is 19.4 Å². The topological polar surface area (TPSA) is 35.5 Å². The minimum Gasteiger partial charge on any atom is -0.382 e. The molecule has 0 spiro atoms. The van der Waals surface area contributed by atoms with Crippen LogP contribution >= 0.6 is 7.14 Å². The molecule has 0 aliphatic heterocycles. The Labute approximate surface area is 71.3 Å². The summed E-state index contributed by atoms with van der Waals surface area (Å²) >= 11 is 0. The van der Waals surface area contributed by atoms with Gasteiger partial charge in [0.2, 0.25) is 0 Å². The van der Waals surface area contributed by atoms with Crippen molar-refractivity contribution < 1.29 is 16.8 Å². The molecule has 0 amide bonds. The van der Waals surface area contributed by atoms with Crippen molar-refractivity contribution in [3.05, 3.63) is 0 Å². The predicted molar refractivity (Wildman–Crippen MR) is 47.0 cm³/mol. The van der Waals surface area contributed by atoms with Crippen LogP contribution in [0.3, 0.4) is 0 Å². The second-order valence-corrected chi connectivity index (χ2v) is 6.38. The molecule has 11 heavy (non-hydrogen) atoms. The first kappa shape index (κ1) is 7.78. The average Bonchev–Trinajstić information content (AvgIpc) is 1.93. The molecule has 4 heteroatoms. The van der Waals surface area contributed by atoms with Gasteiger partial charge in [-0.25, -0.2) is 0 Å². The van der Waals surface area contributed by atoms with Gasteiger partial charge in [-0.2, -0.15) is 0 Å². The van der Waals surface area contributed by atoms with Crippen LogP contribution in [0.15, 0.2) is 0 Å². The summed E-state index contributed by atoms with van der Waals surface area (Å²) in [5.41, 5.74) is 0. The molecule has 0 rings (SSSR count). The van der Waals surface area contributed by atoms with E-state index >= 15 is 0 Å². The van der Waals surface area contributed by atoms with Crippen LogP contribution in [0.4, 0.5) is 0 Å². The van der Waals surface area contributed by atoms with E-state index in [1.165, 1.54) is 0 Å². The summed E-state index contributed by atoms with van der Waals surface area (Å²) in [4.78, 5) is 0. The average molecular weight is 183 g/mol. The molecule has 0 saturated heterocycles. The van der Waals surface area contributed by atoms with Gasteiger partial charge in [-0.15, -0.1) is 0 Å². The van der Waals surface area contributed by atoms with Crippen molar-refractivity contribution >= 4 is 7.14 Å². The van der Waals surface area contributed by atoms with E-state index in [9.17, 15) is 4.57 Å². The summed E-state index contributed by atoms with van der Waals surface area (Å²) in [6.07, 6.45) is 0.568. The first-order valence-electron chi connectivity index (χ1n) is 4.65. The van der Waals surface area contributed by atoms with Crippen LogP contribution in [0.2, 0.25) is 0 Å². The second-order valence-electron chi connectivity index (χ2n) is 2.78. The van der Waals surface area contributed by atoms with Crippen molar-refractivity contribution in [2.45, 2.75) is 0 Å². The largest absolute Gasteiger partial charge is 0.382 e. The molecule has 0 bridgehead atoms. The quantitative estimate of drug-likeness (QED) is 0.459. The Kier molecular flexibility index (Phi) is 4.07. The van der Waals surface area contributed by atoms with E-state index in [4.69, 9.17) is 7.48 Å². The van der Waals surface area contributed by atoms with Gasteiger partial charge in [0.1, 0.15) is 0 Å². The molecule has 0 heterocycles. The first-order valence-corrected chi connectivity index (χ1v) is 6.28. The highest BCUT2D eigenvalue weighted by atomic mass is 31.2. The molecule has 0 aromatic heterocycles. The highest BCUT2D eigenvalue weighted by Crippen LogP contribution is 2.34. The number of ether oxygens (including phenoxy) is 2. The van der Waals surface area contributed by atoms with Crippen LogP contribution in [0.1, 0.15) is 2.74 Å². The Bertz CT molecular complexity index is 169. The molecule has 0 aromatic rings. The molecule has 0 saturated carbocycles. The minimum atomic E-state index is -1.97. The molecule has 0 aliphatic carbocycles. The monoisotopic (exact) mass is 183 g/mol. The number of rotatable bonds is 6. The lowest BCUT2D eigenvalue weighted by Gasteiger charge is -2.06. The SMILES string of the molecule is [2H]C([3H])OCCOCCP(C)(C)=O. The first-order chi connectivity index (χ1) is 5.92. The van der Waals surface area contributed by atoms with Crippen molar-refractivity contribution in [2.75, 3.05) is 46.4 Å². The van der Waals surface area contributed by atoms with Crippen molar-refractivity contribution in [3.63, 3.8) is 0 Å². The third kappa shape index (κ3) is 10.2. The van der Waals surface area contributed by atoms with Crippen molar-refractivity contribution in [1.82, 2.24) is 0 Å². The Morgan fingerprint density at radius 3 is 2.82 bits per heavy atom. The molecule has 1 unspecified atom stereocenters. The maximum Gasteiger partial charge on any atom is 0.0841 e. The molecular weight excluding hydrogens is 163 g/mol. The smallest absolute Gasteiger partial charge is 0.0841 e. The van der Waals surface area contributed by atoms with Gasteiger partial charge in [0.25, 0.3) is 0 Å². The zero-order valence-electron chi connectivity index (χ0n) is 9.08. The van der Waals surface area contributed by atoms with Gasteiger partial charge < -0.3 is 14.0 Å². The standard InChI is InChI=1S/C7H17O3P/c1-9-4-5-10-6-7-11(2,3)8/h4-7H2,1-3H3/i1TD. The summed E-state index contributed by atoms with van der Waals surface area (Å²) in [7, 11) is -3.22. The van der Waals surface area contributed by atoms with Crippen molar-refractivity contribution in [2.24, 2.45) is 0 Å². The maximum atomic E-state index is 11.2. The molecule has 0 N–H and O–H groups in total. The van der Waals surface area contributed by atoms with E-state index in [1.807, 2.05) is 0 Å². The zero-order chi connectivity index (χ0) is 10.3. The molecule has 1 atom stereocenters. The maximum absolute atomic E-state index is 11.2. The molecule has 3 nitrogen and oxygen atoms in total. The van der Waals surface area contributed by atoms with Crippen LogP contribution in [0.25, 0.3) is 0 Å². The van der Waals surface area contributed by atoms with Crippen LogP contribution in [0, 0.1) is 0 Å². The summed E-state index contributed by atoms with van der Waals surface area (Å²) in [6, 6.07) is 0. The molecule has 0 fully saturated rings. The molecule has 68 valence electrons. The fourth-order valence-electron chi connectivity index (χ4n) is 0.493. The van der Waals surface area contributed by atoms with Gasteiger partial charge in [0, 0.05) is 13.2 Å². The van der Waals surface area contributed by atoms with Gasteiger partial charge in [0.15, 0.2) is 0 Å². The second kappa shape index (κ2) is 5.76. The van der Waals surface area contributed by atoms with Gasteiger partial charge in [0.05, 0.1) is 29.7 Å². The van der Waals surface area contributed by atoms with Crippen LogP contribution in [-0.2, 0) is 14.0 Å². The lowest BCUT2D eigenvalue weighted by Crippen LogP contribution is -2.05.